The van der Waals surface area contributed by atoms with Gasteiger partial charge in [-0.2, -0.15) is 5.26 Å². The molecule has 15 heavy (non-hydrogen) atoms. The highest BCUT2D eigenvalue weighted by molar-refractivity contribution is 5.45. The summed E-state index contributed by atoms with van der Waals surface area (Å²) in [5.41, 5.74) is 0.229. The molecule has 0 atom stereocenters. The molecule has 0 bridgehead atoms. The lowest BCUT2D eigenvalue weighted by molar-refractivity contribution is -0.389. The molecule has 1 aliphatic carbocycles. The monoisotopic (exact) mass is 205 g/mol. The zero-order chi connectivity index (χ0) is 10.8. The Kier molecular flexibility index (Phi) is 2.21. The van der Waals surface area contributed by atoms with Gasteiger partial charge in [-0.15, -0.1) is 0 Å². The molecule has 0 aromatic carbocycles. The van der Waals surface area contributed by atoms with Crippen LogP contribution in [0.2, 0.25) is 0 Å². The first kappa shape index (κ1) is 9.40. The molecule has 6 heteroatoms. The van der Waals surface area contributed by atoms with Crippen molar-refractivity contribution in [1.82, 2.24) is 4.98 Å². The van der Waals surface area contributed by atoms with Crippen LogP contribution >= 0.6 is 0 Å². The van der Waals surface area contributed by atoms with Crippen LogP contribution in [0.5, 0.6) is 5.75 Å². The Bertz CT molecular complexity index is 448. The van der Waals surface area contributed by atoms with Gasteiger partial charge in [0.05, 0.1) is 12.2 Å². The van der Waals surface area contributed by atoms with Gasteiger partial charge in [-0.25, -0.2) is 0 Å². The summed E-state index contributed by atoms with van der Waals surface area (Å²) in [6, 6.07) is 3.08. The van der Waals surface area contributed by atoms with Crippen LogP contribution in [0.25, 0.3) is 0 Å². The SMILES string of the molecule is N#Cc1cnc([N+](=O)[O-])cc1OC1CC1. The van der Waals surface area contributed by atoms with E-state index in [1.165, 1.54) is 6.07 Å². The molecule has 6 nitrogen and oxygen atoms in total. The molecular weight excluding hydrogens is 198 g/mol. The number of nitro groups is 1. The van der Waals surface area contributed by atoms with E-state index in [0.29, 0.717) is 0 Å². The molecule has 76 valence electrons. The van der Waals surface area contributed by atoms with Crippen LogP contribution in [0.3, 0.4) is 0 Å². The van der Waals surface area contributed by atoms with Crippen molar-refractivity contribution in [3.05, 3.63) is 27.9 Å². The predicted octanol–water partition coefficient (Wildman–Crippen LogP) is 1.40. The maximum absolute atomic E-state index is 10.5. The average Bonchev–Trinajstić information content (AvgIpc) is 3.01. The van der Waals surface area contributed by atoms with E-state index in [2.05, 4.69) is 4.98 Å². The van der Waals surface area contributed by atoms with Crippen LogP contribution < -0.4 is 4.74 Å². The lowest BCUT2D eigenvalue weighted by Crippen LogP contribution is -2.00. The van der Waals surface area contributed by atoms with Crippen molar-refractivity contribution in [3.8, 4) is 11.8 Å². The average molecular weight is 205 g/mol. The summed E-state index contributed by atoms with van der Waals surface area (Å²) in [6.07, 6.45) is 3.12. The van der Waals surface area contributed by atoms with Gasteiger partial charge >= 0.3 is 5.82 Å². The number of rotatable bonds is 3. The van der Waals surface area contributed by atoms with E-state index in [-0.39, 0.29) is 23.2 Å². The normalized spacial score (nSPS) is 14.3. The van der Waals surface area contributed by atoms with Crippen LogP contribution in [0.15, 0.2) is 12.3 Å². The Morgan fingerprint density at radius 3 is 2.93 bits per heavy atom. The van der Waals surface area contributed by atoms with Gasteiger partial charge in [0.1, 0.15) is 17.4 Å². The maximum Gasteiger partial charge on any atom is 0.367 e. The van der Waals surface area contributed by atoms with Crippen molar-refractivity contribution in [2.24, 2.45) is 0 Å². The van der Waals surface area contributed by atoms with Crippen molar-refractivity contribution in [2.45, 2.75) is 18.9 Å². The van der Waals surface area contributed by atoms with E-state index < -0.39 is 4.92 Å². The molecule has 0 amide bonds. The van der Waals surface area contributed by atoms with Gasteiger partial charge in [-0.3, -0.25) is 0 Å². The molecule has 0 radical (unpaired) electrons. The van der Waals surface area contributed by atoms with Gasteiger partial charge in [0.2, 0.25) is 0 Å². The summed E-state index contributed by atoms with van der Waals surface area (Å²) >= 11 is 0. The highest BCUT2D eigenvalue weighted by Crippen LogP contribution is 2.30. The third-order valence-electron chi connectivity index (χ3n) is 1.98. The van der Waals surface area contributed by atoms with Crippen LogP contribution in [0.4, 0.5) is 5.82 Å². The van der Waals surface area contributed by atoms with Gasteiger partial charge in [-0.1, -0.05) is 0 Å². The number of nitriles is 1. The van der Waals surface area contributed by atoms with Crippen molar-refractivity contribution >= 4 is 5.82 Å². The second kappa shape index (κ2) is 3.53. The smallest absolute Gasteiger partial charge is 0.367 e. The first-order valence-corrected chi connectivity index (χ1v) is 4.42. The van der Waals surface area contributed by atoms with E-state index in [9.17, 15) is 10.1 Å². The molecular formula is C9H7N3O3. The minimum absolute atomic E-state index is 0.0964. The van der Waals surface area contributed by atoms with Crippen molar-refractivity contribution < 1.29 is 9.66 Å². The molecule has 1 aliphatic rings. The molecule has 1 aromatic heterocycles. The molecule has 0 N–H and O–H groups in total. The Hall–Kier alpha value is -2.16. The van der Waals surface area contributed by atoms with Gasteiger partial charge in [0.25, 0.3) is 0 Å². The van der Waals surface area contributed by atoms with Crippen LogP contribution in [-0.2, 0) is 0 Å². The fourth-order valence-electron chi connectivity index (χ4n) is 1.07. The van der Waals surface area contributed by atoms with E-state index in [0.717, 1.165) is 19.0 Å². The Labute approximate surface area is 85.3 Å². The molecule has 1 heterocycles. The van der Waals surface area contributed by atoms with Crippen LogP contribution in [0, 0.1) is 21.4 Å². The van der Waals surface area contributed by atoms with Gasteiger partial charge in [0.15, 0.2) is 6.20 Å². The van der Waals surface area contributed by atoms with Crippen molar-refractivity contribution in [2.75, 3.05) is 0 Å². The Balaban J connectivity index is 2.33. The standard InChI is InChI=1S/C9H7N3O3/c10-4-6-5-11-9(12(13)14)3-8(6)15-7-1-2-7/h3,5,7H,1-2H2. The second-order valence-electron chi connectivity index (χ2n) is 3.22. The summed E-state index contributed by atoms with van der Waals surface area (Å²) in [7, 11) is 0. The zero-order valence-corrected chi connectivity index (χ0v) is 7.71. The lowest BCUT2D eigenvalue weighted by atomic mass is 10.3. The molecule has 0 saturated heterocycles. The van der Waals surface area contributed by atoms with E-state index in [4.69, 9.17) is 10.00 Å². The van der Waals surface area contributed by atoms with E-state index >= 15 is 0 Å². The minimum atomic E-state index is -0.610. The van der Waals surface area contributed by atoms with Crippen molar-refractivity contribution in [1.29, 1.82) is 5.26 Å². The molecule has 2 rings (SSSR count). The van der Waals surface area contributed by atoms with E-state index in [1.807, 2.05) is 6.07 Å². The molecule has 1 saturated carbocycles. The molecule has 1 aromatic rings. The number of pyridine rings is 1. The second-order valence-corrected chi connectivity index (χ2v) is 3.22. The summed E-state index contributed by atoms with van der Waals surface area (Å²) in [6.45, 7) is 0. The van der Waals surface area contributed by atoms with Gasteiger partial charge in [0, 0.05) is 0 Å². The summed E-state index contributed by atoms with van der Waals surface area (Å²) in [5.74, 6) is -0.0497. The number of hydrogen-bond acceptors (Lipinski definition) is 5. The Morgan fingerprint density at radius 2 is 2.40 bits per heavy atom. The molecule has 0 unspecified atom stereocenters. The largest absolute Gasteiger partial charge is 0.489 e. The van der Waals surface area contributed by atoms with Gasteiger partial charge < -0.3 is 14.9 Å². The van der Waals surface area contributed by atoms with Crippen LogP contribution in [0.1, 0.15) is 18.4 Å². The maximum atomic E-state index is 10.5. The van der Waals surface area contributed by atoms with Crippen molar-refractivity contribution in [3.63, 3.8) is 0 Å². The molecule has 1 fully saturated rings. The highest BCUT2D eigenvalue weighted by atomic mass is 16.6. The van der Waals surface area contributed by atoms with E-state index in [1.54, 1.807) is 0 Å². The first-order chi connectivity index (χ1) is 7.20. The fourth-order valence-corrected chi connectivity index (χ4v) is 1.07. The number of nitrogens with zero attached hydrogens (tertiary/aromatic N) is 3. The summed E-state index contributed by atoms with van der Waals surface area (Å²) < 4.78 is 5.37. The fraction of sp³-hybridized carbons (Fsp3) is 0.333. The minimum Gasteiger partial charge on any atom is -0.489 e. The quantitative estimate of drug-likeness (QED) is 0.549. The zero-order valence-electron chi connectivity index (χ0n) is 7.71. The summed E-state index contributed by atoms with van der Waals surface area (Å²) in [5, 5.41) is 19.2. The topological polar surface area (TPSA) is 89.0 Å². The van der Waals surface area contributed by atoms with Gasteiger partial charge in [-0.05, 0) is 22.7 Å². The Morgan fingerprint density at radius 1 is 1.67 bits per heavy atom. The number of hydrogen-bond donors (Lipinski definition) is 0. The lowest BCUT2D eigenvalue weighted by Gasteiger charge is -2.04. The number of ether oxygens (including phenoxy) is 1. The third-order valence-corrected chi connectivity index (χ3v) is 1.98. The van der Waals surface area contributed by atoms with Crippen LogP contribution in [-0.4, -0.2) is 16.0 Å². The molecule has 0 aliphatic heterocycles. The first-order valence-electron chi connectivity index (χ1n) is 4.42. The third kappa shape index (κ3) is 2.02. The number of aromatic nitrogens is 1. The predicted molar refractivity (Wildman–Crippen MR) is 49.3 cm³/mol. The highest BCUT2D eigenvalue weighted by Gasteiger charge is 2.26. The summed E-state index contributed by atoms with van der Waals surface area (Å²) in [4.78, 5) is 13.4. The molecule has 0 spiro atoms.